The maximum absolute atomic E-state index is 13.9. The van der Waals surface area contributed by atoms with Gasteiger partial charge in [0.05, 0.1) is 0 Å². The number of nitrogens with zero attached hydrogens (tertiary/aromatic N) is 1. The molecule has 0 fully saturated rings. The van der Waals surface area contributed by atoms with Gasteiger partial charge in [0, 0.05) is 42.5 Å². The molecule has 0 aliphatic carbocycles. The number of fused-ring (bicyclic) bond motifs is 1. The summed E-state index contributed by atoms with van der Waals surface area (Å²) in [5.74, 6) is -0.369. The molecule has 1 aromatic heterocycles. The SMILES string of the molecule is CCc1cccc2c([C@H](CC(=O)N(CC)CC)c3cccc(F)c3)c[nH]c12. The molecule has 3 rings (SSSR count). The molecular weight excluding hydrogens is 339 g/mol. The third-order valence-corrected chi connectivity index (χ3v) is 5.34. The molecule has 2 aromatic carbocycles. The standard InChI is InChI=1S/C23H27FN2O/c1-4-16-9-8-12-19-21(15-25-23(16)19)20(14-22(27)26(5-2)6-3)17-10-7-11-18(24)13-17/h7-13,15,20,25H,4-6,14H2,1-3H3/t20-/m1/s1. The Morgan fingerprint density at radius 1 is 1.11 bits per heavy atom. The molecule has 0 saturated carbocycles. The van der Waals surface area contributed by atoms with Crippen LogP contribution in [0.4, 0.5) is 4.39 Å². The largest absolute Gasteiger partial charge is 0.361 e. The van der Waals surface area contributed by atoms with Crippen LogP contribution in [-0.2, 0) is 11.2 Å². The third kappa shape index (κ3) is 3.90. The van der Waals surface area contributed by atoms with Crippen LogP contribution >= 0.6 is 0 Å². The van der Waals surface area contributed by atoms with Gasteiger partial charge in [-0.05, 0) is 49.1 Å². The molecular formula is C23H27FN2O. The van der Waals surface area contributed by atoms with E-state index in [9.17, 15) is 9.18 Å². The number of aromatic amines is 1. The summed E-state index contributed by atoms with van der Waals surface area (Å²) < 4.78 is 13.9. The topological polar surface area (TPSA) is 36.1 Å². The van der Waals surface area contributed by atoms with Crippen LogP contribution in [0.25, 0.3) is 10.9 Å². The zero-order valence-electron chi connectivity index (χ0n) is 16.3. The molecule has 1 atom stereocenters. The molecule has 0 bridgehead atoms. The lowest BCUT2D eigenvalue weighted by atomic mass is 9.87. The first-order valence-electron chi connectivity index (χ1n) is 9.71. The Morgan fingerprint density at radius 3 is 2.52 bits per heavy atom. The summed E-state index contributed by atoms with van der Waals surface area (Å²) in [6, 6.07) is 12.8. The maximum atomic E-state index is 13.9. The zero-order chi connectivity index (χ0) is 19.4. The highest BCUT2D eigenvalue weighted by Gasteiger charge is 2.24. The summed E-state index contributed by atoms with van der Waals surface area (Å²) in [6.45, 7) is 7.46. The van der Waals surface area contributed by atoms with Gasteiger partial charge < -0.3 is 9.88 Å². The van der Waals surface area contributed by atoms with Crippen LogP contribution in [0.5, 0.6) is 0 Å². The number of H-pyrrole nitrogens is 1. The van der Waals surface area contributed by atoms with E-state index in [1.54, 1.807) is 12.1 Å². The summed E-state index contributed by atoms with van der Waals surface area (Å²) in [7, 11) is 0. The van der Waals surface area contributed by atoms with Crippen molar-refractivity contribution in [1.82, 2.24) is 9.88 Å². The van der Waals surface area contributed by atoms with Gasteiger partial charge in [0.1, 0.15) is 5.82 Å². The van der Waals surface area contributed by atoms with Gasteiger partial charge in [-0.3, -0.25) is 4.79 Å². The van der Waals surface area contributed by atoms with Crippen LogP contribution in [-0.4, -0.2) is 28.9 Å². The van der Waals surface area contributed by atoms with E-state index in [0.29, 0.717) is 19.5 Å². The van der Waals surface area contributed by atoms with Gasteiger partial charge in [-0.2, -0.15) is 0 Å². The van der Waals surface area contributed by atoms with Crippen LogP contribution in [0.3, 0.4) is 0 Å². The third-order valence-electron chi connectivity index (χ3n) is 5.34. The number of carbonyl (C=O) groups is 1. The quantitative estimate of drug-likeness (QED) is 0.608. The predicted molar refractivity (Wildman–Crippen MR) is 108 cm³/mol. The molecule has 1 heterocycles. The minimum Gasteiger partial charge on any atom is -0.361 e. The smallest absolute Gasteiger partial charge is 0.223 e. The molecule has 3 nitrogen and oxygen atoms in total. The van der Waals surface area contributed by atoms with Crippen molar-refractivity contribution in [2.45, 2.75) is 39.5 Å². The molecule has 1 amide bonds. The van der Waals surface area contributed by atoms with Crippen LogP contribution in [0.15, 0.2) is 48.7 Å². The second kappa shape index (κ2) is 8.38. The zero-order valence-corrected chi connectivity index (χ0v) is 16.3. The fraction of sp³-hybridized carbons (Fsp3) is 0.348. The average Bonchev–Trinajstić information content (AvgIpc) is 3.11. The van der Waals surface area contributed by atoms with E-state index in [4.69, 9.17) is 0 Å². The fourth-order valence-electron chi connectivity index (χ4n) is 3.83. The number of amides is 1. The fourth-order valence-corrected chi connectivity index (χ4v) is 3.83. The molecule has 4 heteroatoms. The second-order valence-corrected chi connectivity index (χ2v) is 6.82. The van der Waals surface area contributed by atoms with E-state index in [2.05, 4.69) is 24.0 Å². The van der Waals surface area contributed by atoms with Gasteiger partial charge in [-0.1, -0.05) is 37.3 Å². The lowest BCUT2D eigenvalue weighted by molar-refractivity contribution is -0.131. The Bertz CT molecular complexity index is 927. The van der Waals surface area contributed by atoms with Crippen molar-refractivity contribution in [3.05, 3.63) is 71.2 Å². The van der Waals surface area contributed by atoms with Gasteiger partial charge in [0.15, 0.2) is 0 Å². The number of aromatic nitrogens is 1. The number of hydrogen-bond donors (Lipinski definition) is 1. The number of benzene rings is 2. The Hall–Kier alpha value is -2.62. The first-order chi connectivity index (χ1) is 13.1. The minimum absolute atomic E-state index is 0.0928. The van der Waals surface area contributed by atoms with E-state index in [-0.39, 0.29) is 17.6 Å². The van der Waals surface area contributed by atoms with Gasteiger partial charge in [-0.25, -0.2) is 4.39 Å². The van der Waals surface area contributed by atoms with Crippen molar-refractivity contribution in [2.24, 2.45) is 0 Å². The number of nitrogens with one attached hydrogen (secondary N) is 1. The highest BCUT2D eigenvalue weighted by atomic mass is 19.1. The Labute approximate surface area is 160 Å². The number of carbonyl (C=O) groups excluding carboxylic acids is 1. The monoisotopic (exact) mass is 366 g/mol. The first-order valence-corrected chi connectivity index (χ1v) is 9.71. The lowest BCUT2D eigenvalue weighted by Gasteiger charge is -2.23. The lowest BCUT2D eigenvalue weighted by Crippen LogP contribution is -2.31. The summed E-state index contributed by atoms with van der Waals surface area (Å²) >= 11 is 0. The van der Waals surface area contributed by atoms with Crippen molar-refractivity contribution in [1.29, 1.82) is 0 Å². The van der Waals surface area contributed by atoms with E-state index >= 15 is 0 Å². The molecule has 0 unspecified atom stereocenters. The molecule has 0 radical (unpaired) electrons. The predicted octanol–water partition coefficient (Wildman–Crippen LogP) is 5.26. The second-order valence-electron chi connectivity index (χ2n) is 6.82. The molecule has 3 aromatic rings. The highest BCUT2D eigenvalue weighted by molar-refractivity contribution is 5.88. The van der Waals surface area contributed by atoms with Crippen molar-refractivity contribution < 1.29 is 9.18 Å². The van der Waals surface area contributed by atoms with Crippen molar-refractivity contribution >= 4 is 16.8 Å². The number of aryl methyl sites for hydroxylation is 1. The Balaban J connectivity index is 2.09. The molecule has 142 valence electrons. The number of halogens is 1. The van der Waals surface area contributed by atoms with Crippen LogP contribution in [0.2, 0.25) is 0 Å². The van der Waals surface area contributed by atoms with Gasteiger partial charge in [-0.15, -0.1) is 0 Å². The number of rotatable bonds is 7. The molecule has 0 saturated heterocycles. The maximum Gasteiger partial charge on any atom is 0.223 e. The average molecular weight is 366 g/mol. The molecule has 27 heavy (non-hydrogen) atoms. The Morgan fingerprint density at radius 2 is 1.85 bits per heavy atom. The summed E-state index contributed by atoms with van der Waals surface area (Å²) in [4.78, 5) is 18.1. The van der Waals surface area contributed by atoms with Crippen molar-refractivity contribution in [2.75, 3.05) is 13.1 Å². The Kier molecular flexibility index (Phi) is 5.94. The normalized spacial score (nSPS) is 12.3. The van der Waals surface area contributed by atoms with Gasteiger partial charge in [0.25, 0.3) is 0 Å². The van der Waals surface area contributed by atoms with E-state index in [1.165, 1.54) is 11.6 Å². The van der Waals surface area contributed by atoms with Gasteiger partial charge in [0.2, 0.25) is 5.91 Å². The number of hydrogen-bond acceptors (Lipinski definition) is 1. The first kappa shape index (κ1) is 19.2. The van der Waals surface area contributed by atoms with Crippen LogP contribution in [0.1, 0.15) is 49.8 Å². The van der Waals surface area contributed by atoms with Crippen molar-refractivity contribution in [3.8, 4) is 0 Å². The summed E-state index contributed by atoms with van der Waals surface area (Å²) in [5.41, 5.74) is 4.23. The summed E-state index contributed by atoms with van der Waals surface area (Å²) in [6.07, 6.45) is 3.24. The van der Waals surface area contributed by atoms with Crippen LogP contribution < -0.4 is 0 Å². The molecule has 0 aliphatic heterocycles. The minimum atomic E-state index is -0.276. The molecule has 0 spiro atoms. The molecule has 1 N–H and O–H groups in total. The molecule has 0 aliphatic rings. The van der Waals surface area contributed by atoms with Gasteiger partial charge >= 0.3 is 0 Å². The van der Waals surface area contributed by atoms with Crippen LogP contribution in [0, 0.1) is 5.82 Å². The number of para-hydroxylation sites is 1. The van der Waals surface area contributed by atoms with E-state index in [0.717, 1.165) is 28.5 Å². The van der Waals surface area contributed by atoms with E-state index < -0.39 is 0 Å². The van der Waals surface area contributed by atoms with Crippen molar-refractivity contribution in [3.63, 3.8) is 0 Å². The summed E-state index contributed by atoms with van der Waals surface area (Å²) in [5, 5.41) is 1.11. The highest BCUT2D eigenvalue weighted by Crippen LogP contribution is 2.35. The van der Waals surface area contributed by atoms with E-state index in [1.807, 2.05) is 37.1 Å².